The Labute approximate surface area is 170 Å². The molecule has 152 valence electrons. The van der Waals surface area contributed by atoms with Gasteiger partial charge in [0.05, 0.1) is 5.69 Å². The lowest BCUT2D eigenvalue weighted by Gasteiger charge is -2.34. The molecule has 0 saturated carbocycles. The first-order chi connectivity index (χ1) is 14.0. The van der Waals surface area contributed by atoms with Crippen molar-refractivity contribution in [1.29, 1.82) is 0 Å². The summed E-state index contributed by atoms with van der Waals surface area (Å²) < 4.78 is 29.0. The molecular formula is C21H24N4O3S. The van der Waals surface area contributed by atoms with Gasteiger partial charge in [0.2, 0.25) is 5.91 Å². The largest absolute Gasteiger partial charge is 0.342 e. The highest BCUT2D eigenvalue weighted by Crippen LogP contribution is 2.30. The van der Waals surface area contributed by atoms with Crippen LogP contribution in [0.3, 0.4) is 0 Å². The van der Waals surface area contributed by atoms with Gasteiger partial charge in [0.15, 0.2) is 0 Å². The van der Waals surface area contributed by atoms with Crippen LogP contribution < -0.4 is 5.32 Å². The molecule has 2 aromatic rings. The number of para-hydroxylation sites is 1. The first-order valence-electron chi connectivity index (χ1n) is 9.91. The number of piperidine rings is 1. The highest BCUT2D eigenvalue weighted by Gasteiger charge is 2.32. The number of carbonyl (C=O) groups excluding carboxylic acids is 1. The second kappa shape index (κ2) is 8.32. The Kier molecular flexibility index (Phi) is 5.62. The molecular weight excluding hydrogens is 388 g/mol. The molecule has 0 unspecified atom stereocenters. The number of carbonyl (C=O) groups is 1. The van der Waals surface area contributed by atoms with Gasteiger partial charge in [-0.25, -0.2) is 0 Å². The van der Waals surface area contributed by atoms with Crippen LogP contribution in [0.25, 0.3) is 0 Å². The van der Waals surface area contributed by atoms with E-state index >= 15 is 0 Å². The number of rotatable bonds is 5. The normalized spacial score (nSPS) is 20.3. The number of aryl methyl sites for hydroxylation is 1. The predicted octanol–water partition coefficient (Wildman–Crippen LogP) is 2.86. The first kappa shape index (κ1) is 19.6. The molecule has 0 spiro atoms. The molecule has 29 heavy (non-hydrogen) atoms. The highest BCUT2D eigenvalue weighted by atomic mass is 32.2. The number of hydrogen-bond acceptors (Lipinski definition) is 5. The van der Waals surface area contributed by atoms with Crippen LogP contribution in [-0.2, 0) is 21.2 Å². The molecule has 2 aliphatic heterocycles. The van der Waals surface area contributed by atoms with E-state index in [9.17, 15) is 13.2 Å². The van der Waals surface area contributed by atoms with Gasteiger partial charge >= 0.3 is 0 Å². The van der Waals surface area contributed by atoms with Crippen molar-refractivity contribution in [2.45, 2.75) is 37.0 Å². The fourth-order valence-electron chi connectivity index (χ4n) is 3.86. The summed E-state index contributed by atoms with van der Waals surface area (Å²) in [6.07, 6.45) is 5.38. The monoisotopic (exact) mass is 412 g/mol. The van der Waals surface area contributed by atoms with E-state index in [0.717, 1.165) is 31.4 Å². The van der Waals surface area contributed by atoms with Crippen molar-refractivity contribution in [2.24, 2.45) is 10.3 Å². The minimum Gasteiger partial charge on any atom is -0.342 e. The summed E-state index contributed by atoms with van der Waals surface area (Å²) in [5, 5.41) is 3.17. The van der Waals surface area contributed by atoms with E-state index in [2.05, 4.69) is 14.7 Å². The van der Waals surface area contributed by atoms with Crippen molar-refractivity contribution >= 4 is 27.5 Å². The zero-order valence-electron chi connectivity index (χ0n) is 16.1. The quantitative estimate of drug-likeness (QED) is 0.815. The van der Waals surface area contributed by atoms with E-state index in [1.54, 1.807) is 30.5 Å². The number of aromatic nitrogens is 1. The van der Waals surface area contributed by atoms with Crippen LogP contribution >= 0.6 is 0 Å². The average molecular weight is 413 g/mol. The molecule has 4 rings (SSSR count). The van der Waals surface area contributed by atoms with Gasteiger partial charge in [0.25, 0.3) is 10.0 Å². The third-order valence-electron chi connectivity index (χ3n) is 5.36. The number of fused-ring (bicyclic) bond motifs is 1. The molecule has 2 aliphatic rings. The summed E-state index contributed by atoms with van der Waals surface area (Å²) in [5.74, 6) is 0.437. The van der Waals surface area contributed by atoms with E-state index in [1.165, 1.54) is 0 Å². The van der Waals surface area contributed by atoms with E-state index in [4.69, 9.17) is 0 Å². The molecule has 1 amide bonds. The molecule has 3 heterocycles. The maximum atomic E-state index is 12.7. The molecule has 1 saturated heterocycles. The van der Waals surface area contributed by atoms with Crippen molar-refractivity contribution in [3.8, 4) is 0 Å². The van der Waals surface area contributed by atoms with Gasteiger partial charge in [-0.1, -0.05) is 18.2 Å². The number of hydrogen-bond donors (Lipinski definition) is 1. The second-order valence-corrected chi connectivity index (χ2v) is 9.00. The van der Waals surface area contributed by atoms with Crippen LogP contribution in [0.4, 0.5) is 5.69 Å². The fraction of sp³-hybridized carbons (Fsp3) is 0.381. The van der Waals surface area contributed by atoms with Crippen LogP contribution in [0.2, 0.25) is 0 Å². The van der Waals surface area contributed by atoms with E-state index in [1.807, 2.05) is 23.1 Å². The summed E-state index contributed by atoms with van der Waals surface area (Å²) in [6.45, 7) is 1.20. The summed E-state index contributed by atoms with van der Waals surface area (Å²) in [4.78, 5) is 19.0. The van der Waals surface area contributed by atoms with E-state index < -0.39 is 10.0 Å². The van der Waals surface area contributed by atoms with Crippen molar-refractivity contribution in [3.63, 3.8) is 0 Å². The Morgan fingerprint density at radius 1 is 1.17 bits per heavy atom. The minimum atomic E-state index is -3.71. The Hall–Kier alpha value is -2.74. The number of amidine groups is 1. The number of benzene rings is 1. The van der Waals surface area contributed by atoms with E-state index in [0.29, 0.717) is 31.0 Å². The molecule has 7 nitrogen and oxygen atoms in total. The average Bonchev–Trinajstić information content (AvgIpc) is 2.74. The highest BCUT2D eigenvalue weighted by molar-refractivity contribution is 7.90. The molecule has 1 N–H and O–H groups in total. The van der Waals surface area contributed by atoms with Crippen LogP contribution in [0.15, 0.2) is 58.0 Å². The number of nitrogens with one attached hydrogen (secondary N) is 1. The van der Waals surface area contributed by atoms with Crippen molar-refractivity contribution in [2.75, 3.05) is 18.4 Å². The predicted molar refractivity (Wildman–Crippen MR) is 111 cm³/mol. The van der Waals surface area contributed by atoms with Crippen LogP contribution in [0, 0.1) is 5.92 Å². The smallest absolute Gasteiger partial charge is 0.286 e. The summed E-state index contributed by atoms with van der Waals surface area (Å²) in [7, 11) is -3.71. The number of pyridine rings is 1. The lowest BCUT2D eigenvalue weighted by Crippen LogP contribution is -2.44. The van der Waals surface area contributed by atoms with Gasteiger partial charge in [-0.2, -0.15) is 8.42 Å². The summed E-state index contributed by atoms with van der Waals surface area (Å²) >= 11 is 0. The van der Waals surface area contributed by atoms with Gasteiger partial charge in [0, 0.05) is 37.3 Å². The summed E-state index contributed by atoms with van der Waals surface area (Å²) in [5.41, 5.74) is 1.54. The lowest BCUT2D eigenvalue weighted by molar-refractivity contribution is -0.132. The topological polar surface area (TPSA) is 91.7 Å². The third kappa shape index (κ3) is 4.48. The molecule has 1 fully saturated rings. The van der Waals surface area contributed by atoms with Gasteiger partial charge in [-0.05, 0) is 49.9 Å². The maximum Gasteiger partial charge on any atom is 0.286 e. The number of anilines is 1. The van der Waals surface area contributed by atoms with Crippen molar-refractivity contribution in [1.82, 2.24) is 9.88 Å². The number of likely N-dealkylation sites (tertiary alicyclic amines) is 1. The number of nitrogens with zero attached hydrogens (tertiary/aromatic N) is 3. The van der Waals surface area contributed by atoms with Crippen molar-refractivity contribution in [3.05, 3.63) is 54.4 Å². The lowest BCUT2D eigenvalue weighted by atomic mass is 9.96. The molecule has 0 aliphatic carbocycles. The van der Waals surface area contributed by atoms with E-state index in [-0.39, 0.29) is 16.7 Å². The van der Waals surface area contributed by atoms with Gasteiger partial charge in [-0.15, -0.1) is 4.40 Å². The van der Waals surface area contributed by atoms with Gasteiger partial charge in [-0.3, -0.25) is 9.78 Å². The fourth-order valence-corrected chi connectivity index (χ4v) is 5.06. The molecule has 1 aromatic carbocycles. The van der Waals surface area contributed by atoms with Crippen LogP contribution in [-0.4, -0.2) is 43.1 Å². The first-order valence-corrected chi connectivity index (χ1v) is 11.4. The van der Waals surface area contributed by atoms with Gasteiger partial charge in [0.1, 0.15) is 10.7 Å². The Morgan fingerprint density at radius 2 is 2.00 bits per heavy atom. The molecule has 0 bridgehead atoms. The van der Waals surface area contributed by atoms with Crippen LogP contribution in [0.1, 0.15) is 31.4 Å². The maximum absolute atomic E-state index is 12.7. The van der Waals surface area contributed by atoms with Crippen molar-refractivity contribution < 1.29 is 13.2 Å². The SMILES string of the molecule is O=C(CCCc1ccccn1)N1CCC[C@@H](C2=NS(=O)(=O)c3ccccc3N2)C1. The summed E-state index contributed by atoms with van der Waals surface area (Å²) in [6, 6.07) is 12.6. The molecule has 8 heteroatoms. The zero-order valence-corrected chi connectivity index (χ0v) is 16.9. The molecule has 1 atom stereocenters. The number of sulfonamides is 1. The Morgan fingerprint density at radius 3 is 2.83 bits per heavy atom. The Bertz CT molecular complexity index is 1020. The standard InChI is InChI=1S/C21H24N4O3S/c26-20(12-5-9-17-8-3-4-13-22-17)25-14-6-7-16(15-25)21-23-18-10-1-2-11-19(18)29(27,28)24-21/h1-4,8,10-11,13,16H,5-7,9,12,14-15H2,(H,23,24)/t16-/m1/s1. The zero-order chi connectivity index (χ0) is 20.3. The van der Waals surface area contributed by atoms with Gasteiger partial charge < -0.3 is 10.2 Å². The molecule has 1 aromatic heterocycles. The molecule has 0 radical (unpaired) electrons. The minimum absolute atomic E-state index is 0.102. The third-order valence-corrected chi connectivity index (χ3v) is 6.71. The Balaban J connectivity index is 1.38. The number of amides is 1. The van der Waals surface area contributed by atoms with Crippen LogP contribution in [0.5, 0.6) is 0 Å². The second-order valence-electron chi connectivity index (χ2n) is 7.43.